The Balaban J connectivity index is 0.000000157. The molecule has 2 atom stereocenters. The van der Waals surface area contributed by atoms with Crippen LogP contribution in [-0.4, -0.2) is 88.0 Å². The van der Waals surface area contributed by atoms with Gasteiger partial charge in [0, 0.05) is 37.0 Å². The van der Waals surface area contributed by atoms with Gasteiger partial charge in [-0.1, -0.05) is 48.0 Å². The van der Waals surface area contributed by atoms with Gasteiger partial charge in [0.1, 0.15) is 34.7 Å². The number of hydrogen-bond donors (Lipinski definition) is 4. The van der Waals surface area contributed by atoms with E-state index in [9.17, 15) is 0 Å². The van der Waals surface area contributed by atoms with Gasteiger partial charge in [0.15, 0.2) is 22.9 Å². The summed E-state index contributed by atoms with van der Waals surface area (Å²) in [5.41, 5.74) is 7.08. The number of fused-ring (bicyclic) bond motifs is 4. The summed E-state index contributed by atoms with van der Waals surface area (Å²) in [4.78, 5) is 46.0. The molecule has 4 N–H and O–H groups in total. The van der Waals surface area contributed by atoms with Crippen molar-refractivity contribution in [2.75, 3.05) is 48.8 Å². The maximum Gasteiger partial charge on any atom is 0.182 e. The number of nitrogens with zero attached hydrogens (tertiary/aromatic N) is 10. The molecule has 54 heavy (non-hydrogen) atoms. The molecular formula is C39H41ClN14. The molecule has 0 saturated carbocycles. The number of aromatic nitrogens is 10. The van der Waals surface area contributed by atoms with Crippen molar-refractivity contribution in [3.8, 4) is 0 Å². The second-order valence-electron chi connectivity index (χ2n) is 13.7. The van der Waals surface area contributed by atoms with E-state index in [-0.39, 0.29) is 12.1 Å². The number of halogens is 1. The van der Waals surface area contributed by atoms with Gasteiger partial charge in [0.25, 0.3) is 0 Å². The van der Waals surface area contributed by atoms with Crippen molar-refractivity contribution in [1.82, 2.24) is 54.7 Å². The Labute approximate surface area is 316 Å². The Morgan fingerprint density at radius 2 is 1.19 bits per heavy atom. The average molecular weight is 741 g/mol. The smallest absolute Gasteiger partial charge is 0.182 e. The van der Waals surface area contributed by atoms with Gasteiger partial charge in [0.2, 0.25) is 0 Å². The zero-order valence-corrected chi connectivity index (χ0v) is 31.5. The highest BCUT2D eigenvalue weighted by molar-refractivity contribution is 6.34. The summed E-state index contributed by atoms with van der Waals surface area (Å²) >= 11 is 6.41. The number of imidazole rings is 2. The van der Waals surface area contributed by atoms with Gasteiger partial charge in [-0.2, -0.15) is 0 Å². The lowest BCUT2D eigenvalue weighted by Gasteiger charge is -2.34. The van der Waals surface area contributed by atoms with Gasteiger partial charge in [-0.05, 0) is 68.8 Å². The minimum absolute atomic E-state index is 0.0254. The SMILES string of the molecule is Cc1cccc2cc([C@H](C)Nc3ncnc4nc[nH]c34)nc(Cl)c12.Cc1cccc2cc([C@H](C)Nc3ncnc4nc[nH]c34)nc(N3CCN(C)CC3)c12. The summed E-state index contributed by atoms with van der Waals surface area (Å²) in [6.45, 7) is 12.4. The molecule has 9 rings (SSSR count). The number of rotatable bonds is 7. The van der Waals surface area contributed by atoms with Crippen molar-refractivity contribution >= 4 is 72.9 Å². The third kappa shape index (κ3) is 6.93. The van der Waals surface area contributed by atoms with Crippen molar-refractivity contribution in [3.63, 3.8) is 0 Å². The first kappa shape index (κ1) is 35.1. The van der Waals surface area contributed by atoms with E-state index in [0.29, 0.717) is 22.3 Å². The van der Waals surface area contributed by atoms with Crippen LogP contribution < -0.4 is 15.5 Å². The third-order valence-corrected chi connectivity index (χ3v) is 10.2. The van der Waals surface area contributed by atoms with Gasteiger partial charge in [-0.3, -0.25) is 0 Å². The number of H-pyrrole nitrogens is 2. The molecule has 1 aliphatic heterocycles. The van der Waals surface area contributed by atoms with Crippen LogP contribution in [-0.2, 0) is 0 Å². The minimum atomic E-state index is -0.0752. The minimum Gasteiger partial charge on any atom is -0.360 e. The van der Waals surface area contributed by atoms with Crippen LogP contribution in [0.25, 0.3) is 43.9 Å². The summed E-state index contributed by atoms with van der Waals surface area (Å²) in [6, 6.07) is 16.7. The van der Waals surface area contributed by atoms with Crippen LogP contribution in [0, 0.1) is 13.8 Å². The average Bonchev–Trinajstić information content (AvgIpc) is 3.86. The van der Waals surface area contributed by atoms with Crippen LogP contribution in [0.5, 0.6) is 0 Å². The van der Waals surface area contributed by atoms with Crippen molar-refractivity contribution in [3.05, 3.63) is 102 Å². The maximum absolute atomic E-state index is 6.41. The van der Waals surface area contributed by atoms with Crippen molar-refractivity contribution < 1.29 is 0 Å². The summed E-state index contributed by atoms with van der Waals surface area (Å²) in [7, 11) is 2.18. The molecule has 274 valence electrons. The molecule has 8 aromatic rings. The zero-order chi connectivity index (χ0) is 37.3. The lowest BCUT2D eigenvalue weighted by atomic mass is 10.0. The third-order valence-electron chi connectivity index (χ3n) is 9.95. The molecule has 1 aliphatic rings. The van der Waals surface area contributed by atoms with E-state index in [1.54, 1.807) is 12.7 Å². The lowest BCUT2D eigenvalue weighted by Crippen LogP contribution is -2.45. The molecule has 1 fully saturated rings. The standard InChI is InChI=1S/C22H26N8.C17H15ClN6/c1-14-5-4-6-16-11-17(28-22(18(14)16)30-9-7-29(3)8-10-30)15(2)27-21-19-20(24-12-23-19)25-13-26-21;1-9-4-3-5-11-6-12(24-15(18)13(9)11)10(2)23-17-14-16(20-7-19-14)21-8-22-17/h4-6,11-13,15H,7-10H2,1-3H3,(H2,23,24,25,26,27);3-8,10H,1-2H3,(H2,19,20,21,22,23)/t15-;10-/m00/s1. The van der Waals surface area contributed by atoms with Crippen molar-refractivity contribution in [1.29, 1.82) is 0 Å². The van der Waals surface area contributed by atoms with Crippen LogP contribution in [0.1, 0.15) is 48.4 Å². The highest BCUT2D eigenvalue weighted by Crippen LogP contribution is 2.33. The van der Waals surface area contributed by atoms with Crippen LogP contribution in [0.3, 0.4) is 0 Å². The molecule has 0 bridgehead atoms. The number of anilines is 3. The molecule has 1 saturated heterocycles. The molecule has 15 heteroatoms. The molecule has 0 unspecified atom stereocenters. The number of pyridine rings is 2. The molecule has 0 radical (unpaired) electrons. The van der Waals surface area contributed by atoms with Crippen LogP contribution in [0.2, 0.25) is 5.15 Å². The van der Waals surface area contributed by atoms with Crippen LogP contribution >= 0.6 is 11.6 Å². The maximum atomic E-state index is 6.41. The predicted molar refractivity (Wildman–Crippen MR) is 215 cm³/mol. The fourth-order valence-corrected chi connectivity index (χ4v) is 7.29. The lowest BCUT2D eigenvalue weighted by molar-refractivity contribution is 0.312. The van der Waals surface area contributed by atoms with E-state index >= 15 is 0 Å². The molecule has 2 aromatic carbocycles. The van der Waals surface area contributed by atoms with Crippen LogP contribution in [0.15, 0.2) is 73.8 Å². The summed E-state index contributed by atoms with van der Waals surface area (Å²) in [5, 5.41) is 11.9. The number of benzene rings is 2. The normalized spacial score (nSPS) is 14.7. The van der Waals surface area contributed by atoms with Crippen LogP contribution in [0.4, 0.5) is 17.5 Å². The Hall–Kier alpha value is -5.99. The topological polar surface area (TPSA) is 165 Å². The number of nitrogens with one attached hydrogen (secondary N) is 4. The number of aromatic amines is 2. The van der Waals surface area contributed by atoms with E-state index < -0.39 is 0 Å². The highest BCUT2D eigenvalue weighted by Gasteiger charge is 2.22. The fourth-order valence-electron chi connectivity index (χ4n) is 6.94. The molecule has 0 amide bonds. The molecule has 0 spiro atoms. The van der Waals surface area contributed by atoms with E-state index in [0.717, 1.165) is 76.6 Å². The molecule has 14 nitrogen and oxygen atoms in total. The highest BCUT2D eigenvalue weighted by atomic mass is 35.5. The molecular weight excluding hydrogens is 700 g/mol. The zero-order valence-electron chi connectivity index (χ0n) is 30.8. The Morgan fingerprint density at radius 3 is 1.76 bits per heavy atom. The molecule has 7 heterocycles. The van der Waals surface area contributed by atoms with E-state index in [1.807, 2.05) is 32.0 Å². The van der Waals surface area contributed by atoms with Gasteiger partial charge in [-0.15, -0.1) is 0 Å². The summed E-state index contributed by atoms with van der Waals surface area (Å²) in [5.74, 6) is 2.50. The first-order chi connectivity index (χ1) is 26.2. The van der Waals surface area contributed by atoms with Crippen molar-refractivity contribution in [2.24, 2.45) is 0 Å². The quantitative estimate of drug-likeness (QED) is 0.122. The largest absolute Gasteiger partial charge is 0.360 e. The number of aryl methyl sites for hydroxylation is 2. The van der Waals surface area contributed by atoms with Gasteiger partial charge in [0.05, 0.1) is 36.1 Å². The predicted octanol–water partition coefficient (Wildman–Crippen LogP) is 7.17. The van der Waals surface area contributed by atoms with E-state index in [4.69, 9.17) is 16.6 Å². The molecule has 0 aliphatic carbocycles. The van der Waals surface area contributed by atoms with Gasteiger partial charge < -0.3 is 30.4 Å². The number of likely N-dealkylation sites (N-methyl/N-ethyl adjacent to an activating group) is 1. The van der Waals surface area contributed by atoms with Gasteiger partial charge >= 0.3 is 0 Å². The number of hydrogen-bond acceptors (Lipinski definition) is 12. The Bertz CT molecular complexity index is 2590. The monoisotopic (exact) mass is 740 g/mol. The second kappa shape index (κ2) is 14.8. The molecule has 6 aromatic heterocycles. The Morgan fingerprint density at radius 1 is 0.667 bits per heavy atom. The van der Waals surface area contributed by atoms with E-state index in [1.165, 1.54) is 29.0 Å². The fraction of sp³-hybridized carbons (Fsp3) is 0.282. The second-order valence-corrected chi connectivity index (χ2v) is 14.1. The first-order valence-corrected chi connectivity index (χ1v) is 18.3. The van der Waals surface area contributed by atoms with Crippen molar-refractivity contribution in [2.45, 2.75) is 39.8 Å². The number of piperazine rings is 1. The Kier molecular flexibility index (Phi) is 9.61. The van der Waals surface area contributed by atoms with Gasteiger partial charge in [-0.25, -0.2) is 39.9 Å². The summed E-state index contributed by atoms with van der Waals surface area (Å²) < 4.78 is 0. The van der Waals surface area contributed by atoms with E-state index in [2.05, 4.69) is 117 Å². The first-order valence-electron chi connectivity index (χ1n) is 17.9. The summed E-state index contributed by atoms with van der Waals surface area (Å²) in [6.07, 6.45) is 6.26.